The van der Waals surface area contributed by atoms with Gasteiger partial charge in [-0.25, -0.2) is 0 Å². The number of hydrogen-bond donors (Lipinski definition) is 0. The van der Waals surface area contributed by atoms with E-state index < -0.39 is 22.3 Å². The van der Waals surface area contributed by atoms with E-state index in [4.69, 9.17) is 13.7 Å². The summed E-state index contributed by atoms with van der Waals surface area (Å²) in [6.07, 6.45) is 0.189. The Balaban J connectivity index is 1.44. The van der Waals surface area contributed by atoms with Crippen molar-refractivity contribution in [3.8, 4) is 11.5 Å². The minimum Gasteiger partial charge on any atom is -0.457 e. The van der Waals surface area contributed by atoms with Gasteiger partial charge in [0.2, 0.25) is 5.91 Å². The predicted molar refractivity (Wildman–Crippen MR) is 128 cm³/mol. The van der Waals surface area contributed by atoms with Crippen LogP contribution in [0.5, 0.6) is 11.5 Å². The van der Waals surface area contributed by atoms with E-state index in [1.807, 2.05) is 84.9 Å². The molecular weight excluding hydrogens is 454 g/mol. The number of ether oxygens (including phenoxy) is 2. The normalized spacial score (nSPS) is 18.3. The molecule has 1 aliphatic heterocycles. The van der Waals surface area contributed by atoms with Crippen LogP contribution in [0.2, 0.25) is 0 Å². The number of carbonyl (C=O) groups excluding carboxylic acids is 1. The highest BCUT2D eigenvalue weighted by molar-refractivity contribution is 7.86. The first-order chi connectivity index (χ1) is 16.4. The Bertz CT molecular complexity index is 1180. The standard InChI is InChI=1S/C26H27NO6S/c1-34(29,30)33-25-16-26(28)27(24(25)19-31-18-21-8-4-2-5-9-21)17-20-12-14-23(15-13-20)32-22-10-6-3-7-11-22/h2-15,24-25H,16-19H2,1H3. The average Bonchev–Trinajstić information content (AvgIpc) is 3.09. The SMILES string of the molecule is CS(=O)(=O)OC1CC(=O)N(Cc2ccc(Oc3ccccc3)cc2)C1COCc1ccccc1. The van der Waals surface area contributed by atoms with Gasteiger partial charge in [-0.3, -0.25) is 8.98 Å². The summed E-state index contributed by atoms with van der Waals surface area (Å²) in [6.45, 7) is 0.833. The zero-order valence-corrected chi connectivity index (χ0v) is 19.7. The van der Waals surface area contributed by atoms with Gasteiger partial charge in [0, 0.05) is 6.54 Å². The maximum atomic E-state index is 12.8. The van der Waals surface area contributed by atoms with Gasteiger partial charge in [-0.2, -0.15) is 8.42 Å². The van der Waals surface area contributed by atoms with Crippen LogP contribution < -0.4 is 4.74 Å². The third-order valence-electron chi connectivity index (χ3n) is 5.48. The van der Waals surface area contributed by atoms with Gasteiger partial charge in [0.15, 0.2) is 0 Å². The molecule has 1 fully saturated rings. The Morgan fingerprint density at radius 1 is 0.853 bits per heavy atom. The van der Waals surface area contributed by atoms with Crippen molar-refractivity contribution in [3.63, 3.8) is 0 Å². The van der Waals surface area contributed by atoms with Gasteiger partial charge in [0.05, 0.1) is 31.9 Å². The summed E-state index contributed by atoms with van der Waals surface area (Å²) in [4.78, 5) is 14.4. The van der Waals surface area contributed by atoms with E-state index in [1.54, 1.807) is 4.90 Å². The summed E-state index contributed by atoms with van der Waals surface area (Å²) in [5, 5.41) is 0. The van der Waals surface area contributed by atoms with E-state index in [0.717, 1.165) is 23.1 Å². The maximum Gasteiger partial charge on any atom is 0.264 e. The molecule has 2 unspecified atom stereocenters. The zero-order chi connectivity index (χ0) is 24.0. The monoisotopic (exact) mass is 481 g/mol. The molecule has 0 N–H and O–H groups in total. The van der Waals surface area contributed by atoms with Crippen molar-refractivity contribution in [2.75, 3.05) is 12.9 Å². The third-order valence-corrected chi connectivity index (χ3v) is 6.08. The largest absolute Gasteiger partial charge is 0.457 e. The molecule has 8 heteroatoms. The second-order valence-electron chi connectivity index (χ2n) is 8.19. The van der Waals surface area contributed by atoms with Crippen molar-refractivity contribution in [1.82, 2.24) is 4.90 Å². The predicted octanol–water partition coefficient (Wildman–Crippen LogP) is 4.14. The maximum absolute atomic E-state index is 12.8. The lowest BCUT2D eigenvalue weighted by Crippen LogP contribution is -2.41. The van der Waals surface area contributed by atoms with Crippen LogP contribution in [0.3, 0.4) is 0 Å². The molecule has 1 amide bonds. The molecule has 1 heterocycles. The van der Waals surface area contributed by atoms with E-state index in [-0.39, 0.29) is 18.9 Å². The number of likely N-dealkylation sites (tertiary alicyclic amines) is 1. The van der Waals surface area contributed by atoms with Crippen molar-refractivity contribution in [2.45, 2.75) is 31.7 Å². The van der Waals surface area contributed by atoms with E-state index >= 15 is 0 Å². The molecule has 2 atom stereocenters. The lowest BCUT2D eigenvalue weighted by atomic mass is 10.1. The summed E-state index contributed by atoms with van der Waals surface area (Å²) in [5.74, 6) is 1.25. The lowest BCUT2D eigenvalue weighted by Gasteiger charge is -2.27. The smallest absolute Gasteiger partial charge is 0.264 e. The van der Waals surface area contributed by atoms with Gasteiger partial charge in [0.1, 0.15) is 17.6 Å². The first-order valence-electron chi connectivity index (χ1n) is 11.0. The van der Waals surface area contributed by atoms with Gasteiger partial charge >= 0.3 is 0 Å². The van der Waals surface area contributed by atoms with Crippen LogP contribution in [0.4, 0.5) is 0 Å². The Morgan fingerprint density at radius 2 is 1.47 bits per heavy atom. The van der Waals surface area contributed by atoms with Crippen molar-refractivity contribution in [3.05, 3.63) is 96.1 Å². The summed E-state index contributed by atoms with van der Waals surface area (Å²) in [6, 6.07) is 26.1. The van der Waals surface area contributed by atoms with Gasteiger partial charge in [0.25, 0.3) is 10.1 Å². The van der Waals surface area contributed by atoms with Gasteiger partial charge in [-0.05, 0) is 35.4 Å². The topological polar surface area (TPSA) is 82.1 Å². The minimum atomic E-state index is -3.72. The summed E-state index contributed by atoms with van der Waals surface area (Å²) < 4.78 is 40.5. The molecule has 34 heavy (non-hydrogen) atoms. The molecule has 178 valence electrons. The molecule has 4 rings (SSSR count). The van der Waals surface area contributed by atoms with E-state index in [9.17, 15) is 13.2 Å². The van der Waals surface area contributed by atoms with Crippen LogP contribution in [0.25, 0.3) is 0 Å². The zero-order valence-electron chi connectivity index (χ0n) is 18.9. The van der Waals surface area contributed by atoms with Crippen molar-refractivity contribution in [1.29, 1.82) is 0 Å². The van der Waals surface area contributed by atoms with Crippen LogP contribution in [0.15, 0.2) is 84.9 Å². The van der Waals surface area contributed by atoms with Crippen LogP contribution in [-0.2, 0) is 37.0 Å². The van der Waals surface area contributed by atoms with Gasteiger partial charge in [-0.15, -0.1) is 0 Å². The highest BCUT2D eigenvalue weighted by atomic mass is 32.2. The molecule has 1 aliphatic rings. The molecule has 3 aromatic carbocycles. The van der Waals surface area contributed by atoms with E-state index in [0.29, 0.717) is 18.9 Å². The van der Waals surface area contributed by atoms with Crippen LogP contribution in [0.1, 0.15) is 17.5 Å². The van der Waals surface area contributed by atoms with Crippen LogP contribution in [-0.4, -0.2) is 44.2 Å². The Kier molecular flexibility index (Phi) is 7.62. The van der Waals surface area contributed by atoms with Crippen molar-refractivity contribution in [2.24, 2.45) is 0 Å². The molecule has 0 aromatic heterocycles. The highest BCUT2D eigenvalue weighted by Crippen LogP contribution is 2.28. The molecule has 0 bridgehead atoms. The Labute approximate surface area is 200 Å². The molecule has 0 saturated carbocycles. The second-order valence-corrected chi connectivity index (χ2v) is 9.79. The molecule has 0 radical (unpaired) electrons. The highest BCUT2D eigenvalue weighted by Gasteiger charge is 2.42. The lowest BCUT2D eigenvalue weighted by molar-refractivity contribution is -0.130. The second kappa shape index (κ2) is 10.8. The quantitative estimate of drug-likeness (QED) is 0.405. The minimum absolute atomic E-state index is 0.0123. The average molecular weight is 482 g/mol. The first kappa shape index (κ1) is 23.9. The molecular formula is C26H27NO6S. The molecule has 3 aromatic rings. The summed E-state index contributed by atoms with van der Waals surface area (Å²) in [7, 11) is -3.72. The number of carbonyl (C=O) groups is 1. The van der Waals surface area contributed by atoms with Crippen LogP contribution >= 0.6 is 0 Å². The molecule has 1 saturated heterocycles. The third kappa shape index (κ3) is 6.66. The van der Waals surface area contributed by atoms with Crippen molar-refractivity contribution < 1.29 is 26.9 Å². The van der Waals surface area contributed by atoms with E-state index in [1.165, 1.54) is 0 Å². The van der Waals surface area contributed by atoms with Crippen molar-refractivity contribution >= 4 is 16.0 Å². The first-order valence-corrected chi connectivity index (χ1v) is 12.8. The van der Waals surface area contributed by atoms with Crippen LogP contribution in [0, 0.1) is 0 Å². The van der Waals surface area contributed by atoms with E-state index in [2.05, 4.69) is 0 Å². The Morgan fingerprint density at radius 3 is 2.12 bits per heavy atom. The Hall–Kier alpha value is -3.20. The fraction of sp³-hybridized carbons (Fsp3) is 0.269. The van der Waals surface area contributed by atoms with Gasteiger partial charge in [-0.1, -0.05) is 60.7 Å². The molecule has 7 nitrogen and oxygen atoms in total. The number of rotatable bonds is 10. The number of para-hydroxylation sites is 1. The fourth-order valence-electron chi connectivity index (χ4n) is 3.89. The fourth-order valence-corrected chi connectivity index (χ4v) is 4.54. The molecule has 0 aliphatic carbocycles. The van der Waals surface area contributed by atoms with Gasteiger partial charge < -0.3 is 14.4 Å². The summed E-state index contributed by atoms with van der Waals surface area (Å²) >= 11 is 0. The number of benzene rings is 3. The number of hydrogen-bond acceptors (Lipinski definition) is 6. The summed E-state index contributed by atoms with van der Waals surface area (Å²) in [5.41, 5.74) is 1.88. The number of amides is 1. The molecule has 0 spiro atoms. The number of nitrogens with zero attached hydrogens (tertiary/aromatic N) is 1.